The first-order chi connectivity index (χ1) is 8.29. The molecule has 0 bridgehead atoms. The third kappa shape index (κ3) is 3.15. The highest BCUT2D eigenvalue weighted by Crippen LogP contribution is 2.14. The van der Waals surface area contributed by atoms with Crippen LogP contribution >= 0.6 is 11.3 Å². The molecule has 0 aliphatic rings. The maximum absolute atomic E-state index is 11.7. The molecule has 1 aromatic heterocycles. The molecule has 0 aliphatic carbocycles. The van der Waals surface area contributed by atoms with Gasteiger partial charge < -0.3 is 5.32 Å². The molecule has 1 aromatic carbocycles. The van der Waals surface area contributed by atoms with Crippen molar-refractivity contribution in [2.75, 3.05) is 11.9 Å². The Balaban J connectivity index is 2.01. The first kappa shape index (κ1) is 11.8. The Kier molecular flexibility index (Phi) is 3.90. The van der Waals surface area contributed by atoms with Crippen LogP contribution in [0.2, 0.25) is 0 Å². The van der Waals surface area contributed by atoms with Gasteiger partial charge in [-0.2, -0.15) is 0 Å². The van der Waals surface area contributed by atoms with Crippen molar-refractivity contribution >= 4 is 22.9 Å². The Morgan fingerprint density at radius 3 is 2.53 bits per heavy atom. The quantitative estimate of drug-likeness (QED) is 0.885. The zero-order chi connectivity index (χ0) is 12.1. The summed E-state index contributed by atoms with van der Waals surface area (Å²) in [7, 11) is 0. The van der Waals surface area contributed by atoms with Crippen molar-refractivity contribution in [3.05, 3.63) is 52.2 Å². The number of hydrogen-bond donors (Lipinski definition) is 1. The number of nitrogens with one attached hydrogen (secondary N) is 1. The van der Waals surface area contributed by atoms with E-state index in [0.29, 0.717) is 11.3 Å². The van der Waals surface area contributed by atoms with E-state index in [-0.39, 0.29) is 12.5 Å². The zero-order valence-corrected chi connectivity index (χ0v) is 10.00. The van der Waals surface area contributed by atoms with Gasteiger partial charge in [-0.3, -0.25) is 4.79 Å². The molecule has 3 nitrogen and oxygen atoms in total. The summed E-state index contributed by atoms with van der Waals surface area (Å²) in [6.45, 7) is -0.110. The summed E-state index contributed by atoms with van der Waals surface area (Å²) in [5.41, 5.74) is 1.74. The first-order valence-electron chi connectivity index (χ1n) is 5.31. The van der Waals surface area contributed by atoms with Gasteiger partial charge in [0, 0.05) is 5.69 Å². The summed E-state index contributed by atoms with van der Waals surface area (Å²) in [5, 5.41) is 15.1. The van der Waals surface area contributed by atoms with Crippen molar-refractivity contribution in [2.24, 2.45) is 0 Å². The number of hydrogen-bond acceptors (Lipinski definition) is 2. The molecular weight excluding hydrogens is 234 g/mol. The Labute approximate surface area is 104 Å². The van der Waals surface area contributed by atoms with E-state index in [1.165, 1.54) is 11.3 Å². The average Bonchev–Trinajstić information content (AvgIpc) is 2.86. The molecule has 0 unspecified atom stereocenters. The molecule has 4 heteroatoms. The summed E-state index contributed by atoms with van der Waals surface area (Å²) in [6, 6.07) is 11.0. The fourth-order valence-electron chi connectivity index (χ4n) is 1.47. The third-order valence-corrected chi connectivity index (χ3v) is 3.22. The van der Waals surface area contributed by atoms with E-state index in [4.69, 9.17) is 0 Å². The number of carbonyl (C=O) groups excluding carboxylic acids is 1. The normalized spacial score (nSPS) is 10.2. The van der Waals surface area contributed by atoms with Crippen LogP contribution in [0.4, 0.5) is 5.69 Å². The molecule has 0 aliphatic heterocycles. The fourth-order valence-corrected chi connectivity index (χ4v) is 2.09. The largest absolute Gasteiger partial charge is 0.321 e. The molecule has 0 spiro atoms. The summed E-state index contributed by atoms with van der Waals surface area (Å²) in [4.78, 5) is 12.4. The van der Waals surface area contributed by atoms with Crippen LogP contribution < -0.4 is 5.32 Å². The van der Waals surface area contributed by atoms with Gasteiger partial charge in [-0.1, -0.05) is 18.2 Å². The average molecular weight is 246 g/mol. The number of carbonyl (C=O) groups is 1. The molecule has 1 radical (unpaired) electrons. The van der Waals surface area contributed by atoms with Crippen molar-refractivity contribution in [2.45, 2.75) is 6.42 Å². The lowest BCUT2D eigenvalue weighted by Crippen LogP contribution is -2.09. The van der Waals surface area contributed by atoms with Gasteiger partial charge in [0.25, 0.3) is 5.91 Å². The van der Waals surface area contributed by atoms with E-state index in [9.17, 15) is 9.90 Å². The number of anilines is 1. The minimum atomic E-state index is -0.110. The van der Waals surface area contributed by atoms with Crippen LogP contribution in [-0.4, -0.2) is 12.5 Å². The molecule has 17 heavy (non-hydrogen) atoms. The molecule has 1 amide bonds. The van der Waals surface area contributed by atoms with Crippen LogP contribution in [0.15, 0.2) is 41.8 Å². The van der Waals surface area contributed by atoms with E-state index in [0.717, 1.165) is 11.3 Å². The zero-order valence-electron chi connectivity index (χ0n) is 9.18. The Bertz CT molecular complexity index is 477. The van der Waals surface area contributed by atoms with Gasteiger partial charge in [-0.25, -0.2) is 5.11 Å². The van der Waals surface area contributed by atoms with Crippen molar-refractivity contribution in [3.8, 4) is 0 Å². The lowest BCUT2D eigenvalue weighted by molar-refractivity contribution is 0.103. The second kappa shape index (κ2) is 5.61. The molecular formula is C13H12NO2S. The molecule has 1 N–H and O–H groups in total. The van der Waals surface area contributed by atoms with E-state index < -0.39 is 0 Å². The minimum Gasteiger partial charge on any atom is -0.321 e. The predicted molar refractivity (Wildman–Crippen MR) is 68.0 cm³/mol. The van der Waals surface area contributed by atoms with Crippen LogP contribution in [0, 0.1) is 0 Å². The molecule has 0 saturated heterocycles. The third-order valence-electron chi connectivity index (χ3n) is 2.35. The Morgan fingerprint density at radius 1 is 1.18 bits per heavy atom. The van der Waals surface area contributed by atoms with Gasteiger partial charge >= 0.3 is 0 Å². The highest BCUT2D eigenvalue weighted by atomic mass is 32.1. The summed E-state index contributed by atoms with van der Waals surface area (Å²) in [6.07, 6.45) is 0.527. The smallest absolute Gasteiger partial charge is 0.265 e. The molecule has 2 aromatic rings. The van der Waals surface area contributed by atoms with Crippen LogP contribution in [0.5, 0.6) is 0 Å². The monoisotopic (exact) mass is 246 g/mol. The van der Waals surface area contributed by atoms with Gasteiger partial charge in [-0.15, -0.1) is 11.3 Å². The van der Waals surface area contributed by atoms with Crippen LogP contribution in [0.25, 0.3) is 0 Å². The van der Waals surface area contributed by atoms with Crippen molar-refractivity contribution in [3.63, 3.8) is 0 Å². The van der Waals surface area contributed by atoms with Gasteiger partial charge in [0.1, 0.15) is 0 Å². The molecule has 87 valence electrons. The summed E-state index contributed by atoms with van der Waals surface area (Å²) < 4.78 is 0. The van der Waals surface area contributed by atoms with Crippen LogP contribution in [0.3, 0.4) is 0 Å². The number of rotatable bonds is 4. The molecule has 1 heterocycles. The van der Waals surface area contributed by atoms with Crippen LogP contribution in [-0.2, 0) is 11.5 Å². The second-order valence-electron chi connectivity index (χ2n) is 3.58. The maximum Gasteiger partial charge on any atom is 0.265 e. The lowest BCUT2D eigenvalue weighted by atomic mass is 10.1. The van der Waals surface area contributed by atoms with Crippen LogP contribution in [0.1, 0.15) is 15.2 Å². The fraction of sp³-hybridized carbons (Fsp3) is 0.154. The van der Waals surface area contributed by atoms with Gasteiger partial charge in [0.2, 0.25) is 0 Å². The lowest BCUT2D eigenvalue weighted by Gasteiger charge is -2.04. The van der Waals surface area contributed by atoms with Crippen molar-refractivity contribution in [1.82, 2.24) is 0 Å². The highest BCUT2D eigenvalue weighted by Gasteiger charge is 2.06. The standard InChI is InChI=1S/C13H12NO2S/c15-8-7-10-3-5-11(6-4-10)14-13(16)12-2-1-9-17-12/h1-6,9H,7-8H2,(H,14,16). The van der Waals surface area contributed by atoms with E-state index in [1.54, 1.807) is 6.07 Å². The predicted octanol–water partition coefficient (Wildman–Crippen LogP) is 2.97. The van der Waals surface area contributed by atoms with Gasteiger partial charge in [-0.05, 0) is 35.6 Å². The van der Waals surface area contributed by atoms with Crippen molar-refractivity contribution < 1.29 is 9.90 Å². The summed E-state index contributed by atoms with van der Waals surface area (Å²) in [5.74, 6) is -0.100. The topological polar surface area (TPSA) is 49.0 Å². The Morgan fingerprint density at radius 2 is 1.94 bits per heavy atom. The van der Waals surface area contributed by atoms with Gasteiger partial charge in [0.05, 0.1) is 11.5 Å². The van der Waals surface area contributed by atoms with E-state index in [2.05, 4.69) is 5.32 Å². The number of benzene rings is 1. The molecule has 0 atom stereocenters. The molecule has 0 saturated carbocycles. The van der Waals surface area contributed by atoms with E-state index in [1.807, 2.05) is 35.7 Å². The molecule has 2 rings (SSSR count). The van der Waals surface area contributed by atoms with Gasteiger partial charge in [0.15, 0.2) is 0 Å². The number of thiophene rings is 1. The maximum atomic E-state index is 11.7. The van der Waals surface area contributed by atoms with Crippen molar-refractivity contribution in [1.29, 1.82) is 0 Å². The highest BCUT2D eigenvalue weighted by molar-refractivity contribution is 7.12. The SMILES string of the molecule is [O]CCc1ccc(NC(=O)c2cccs2)cc1. The first-order valence-corrected chi connectivity index (χ1v) is 6.19. The number of amides is 1. The second-order valence-corrected chi connectivity index (χ2v) is 4.53. The van der Waals surface area contributed by atoms with E-state index >= 15 is 0 Å². The minimum absolute atomic E-state index is 0.100. The Hall–Kier alpha value is -1.65. The molecule has 0 fully saturated rings. The summed E-state index contributed by atoms with van der Waals surface area (Å²) >= 11 is 1.41.